The Morgan fingerprint density at radius 1 is 1.31 bits per heavy atom. The van der Waals surface area contributed by atoms with Crippen molar-refractivity contribution in [1.82, 2.24) is 0 Å². The lowest BCUT2D eigenvalue weighted by Gasteiger charge is -2.16. The molecule has 1 heterocycles. The average Bonchev–Trinajstić information content (AvgIpc) is 2.69. The number of para-hydroxylation sites is 1. The molecule has 16 heavy (non-hydrogen) atoms. The van der Waals surface area contributed by atoms with Gasteiger partial charge in [0.15, 0.2) is 0 Å². The van der Waals surface area contributed by atoms with Crippen LogP contribution in [0.15, 0.2) is 42.2 Å². The summed E-state index contributed by atoms with van der Waals surface area (Å²) in [6, 6.07) is 9.63. The summed E-state index contributed by atoms with van der Waals surface area (Å²) in [5.74, 6) is 0.757. The Balaban J connectivity index is 2.04. The van der Waals surface area contributed by atoms with Crippen molar-refractivity contribution in [1.29, 1.82) is 0 Å². The second-order valence-corrected chi connectivity index (χ2v) is 3.72. The summed E-state index contributed by atoms with van der Waals surface area (Å²) in [6.07, 6.45) is 2.53. The zero-order valence-electron chi connectivity index (χ0n) is 9.35. The molecule has 0 atom stereocenters. The van der Waals surface area contributed by atoms with Crippen molar-refractivity contribution in [2.24, 2.45) is 0 Å². The quantitative estimate of drug-likeness (QED) is 0.774. The number of benzene rings is 1. The maximum atomic E-state index is 11.7. The zero-order valence-corrected chi connectivity index (χ0v) is 9.35. The van der Waals surface area contributed by atoms with Gasteiger partial charge in [-0.25, -0.2) is 0 Å². The van der Waals surface area contributed by atoms with E-state index in [9.17, 15) is 4.79 Å². The van der Waals surface area contributed by atoms with Crippen molar-refractivity contribution in [2.75, 3.05) is 18.1 Å². The Hall–Kier alpha value is -1.77. The van der Waals surface area contributed by atoms with Crippen LogP contribution in [-0.2, 0) is 9.53 Å². The maximum Gasteiger partial charge on any atom is 0.254 e. The highest BCUT2D eigenvalue weighted by atomic mass is 16.5. The van der Waals surface area contributed by atoms with Crippen LogP contribution in [0.4, 0.5) is 5.69 Å². The van der Waals surface area contributed by atoms with Gasteiger partial charge in [-0.2, -0.15) is 0 Å². The molecule has 1 aliphatic rings. The van der Waals surface area contributed by atoms with Crippen molar-refractivity contribution >= 4 is 11.6 Å². The Bertz CT molecular complexity index is 398. The van der Waals surface area contributed by atoms with Gasteiger partial charge in [-0.15, -0.1) is 0 Å². The highest BCUT2D eigenvalue weighted by molar-refractivity contribution is 6.04. The van der Waals surface area contributed by atoms with Crippen LogP contribution >= 0.6 is 0 Å². The van der Waals surface area contributed by atoms with Gasteiger partial charge in [-0.05, 0) is 18.6 Å². The number of carbonyl (C=O) groups is 1. The fraction of sp³-hybridized carbons (Fsp3) is 0.308. The molecule has 2 rings (SSSR count). The fourth-order valence-electron chi connectivity index (χ4n) is 1.64. The Kier molecular flexibility index (Phi) is 3.25. The van der Waals surface area contributed by atoms with Crippen LogP contribution in [0.25, 0.3) is 0 Å². The van der Waals surface area contributed by atoms with Crippen molar-refractivity contribution < 1.29 is 9.53 Å². The van der Waals surface area contributed by atoms with Gasteiger partial charge in [0.1, 0.15) is 5.76 Å². The van der Waals surface area contributed by atoms with Crippen LogP contribution in [0, 0.1) is 0 Å². The fourth-order valence-corrected chi connectivity index (χ4v) is 1.64. The summed E-state index contributed by atoms with van der Waals surface area (Å²) >= 11 is 0. The topological polar surface area (TPSA) is 29.5 Å². The van der Waals surface area contributed by atoms with Crippen molar-refractivity contribution in [3.05, 3.63) is 42.2 Å². The van der Waals surface area contributed by atoms with E-state index in [1.54, 1.807) is 11.0 Å². The molecule has 0 saturated carbocycles. The van der Waals surface area contributed by atoms with E-state index in [0.29, 0.717) is 13.2 Å². The van der Waals surface area contributed by atoms with E-state index in [2.05, 4.69) is 0 Å². The van der Waals surface area contributed by atoms with Gasteiger partial charge in [0.05, 0.1) is 13.2 Å². The molecule has 3 heteroatoms. The molecule has 0 N–H and O–H groups in total. The van der Waals surface area contributed by atoms with Crippen molar-refractivity contribution in [3.63, 3.8) is 0 Å². The highest BCUT2D eigenvalue weighted by Gasteiger charge is 2.23. The van der Waals surface area contributed by atoms with Crippen LogP contribution < -0.4 is 4.90 Å². The summed E-state index contributed by atoms with van der Waals surface area (Å²) in [6.45, 7) is 3.26. The molecule has 0 fully saturated rings. The minimum Gasteiger partial charge on any atom is -0.496 e. The molecule has 0 spiro atoms. The van der Waals surface area contributed by atoms with E-state index >= 15 is 0 Å². The number of nitrogens with zero attached hydrogens (tertiary/aromatic N) is 1. The third kappa shape index (κ3) is 2.24. The lowest BCUT2D eigenvalue weighted by molar-refractivity contribution is -0.113. The van der Waals surface area contributed by atoms with Gasteiger partial charge < -0.3 is 9.64 Å². The van der Waals surface area contributed by atoms with Gasteiger partial charge in [0.2, 0.25) is 0 Å². The standard InChI is InChI=1S/C13H15NO2/c1-2-8-16-12-9-13(15)14(10-12)11-6-4-3-5-7-11/h3-7,9H,2,8,10H2,1H3. The van der Waals surface area contributed by atoms with Crippen LogP contribution in [0.5, 0.6) is 0 Å². The predicted octanol–water partition coefficient (Wildman–Crippen LogP) is 2.34. The highest BCUT2D eigenvalue weighted by Crippen LogP contribution is 2.20. The number of ether oxygens (including phenoxy) is 1. The van der Waals surface area contributed by atoms with E-state index in [-0.39, 0.29) is 5.91 Å². The van der Waals surface area contributed by atoms with Gasteiger partial charge in [-0.1, -0.05) is 25.1 Å². The van der Waals surface area contributed by atoms with Crippen LogP contribution in [0.1, 0.15) is 13.3 Å². The molecule has 0 unspecified atom stereocenters. The predicted molar refractivity (Wildman–Crippen MR) is 63.1 cm³/mol. The summed E-state index contributed by atoms with van der Waals surface area (Å²) in [5.41, 5.74) is 0.916. The molecular weight excluding hydrogens is 202 g/mol. The average molecular weight is 217 g/mol. The van der Waals surface area contributed by atoms with Gasteiger partial charge >= 0.3 is 0 Å². The zero-order chi connectivity index (χ0) is 11.4. The van der Waals surface area contributed by atoms with Gasteiger partial charge in [0.25, 0.3) is 5.91 Å². The minimum atomic E-state index is -0.00250. The lowest BCUT2D eigenvalue weighted by Crippen LogP contribution is -2.25. The van der Waals surface area contributed by atoms with Crippen LogP contribution in [0.2, 0.25) is 0 Å². The maximum absolute atomic E-state index is 11.7. The molecule has 3 nitrogen and oxygen atoms in total. The Morgan fingerprint density at radius 3 is 2.75 bits per heavy atom. The first kappa shape index (κ1) is 10.7. The molecule has 1 aromatic rings. The third-order valence-electron chi connectivity index (χ3n) is 2.42. The summed E-state index contributed by atoms with van der Waals surface area (Å²) in [7, 11) is 0. The first-order valence-electron chi connectivity index (χ1n) is 5.51. The van der Waals surface area contributed by atoms with Crippen molar-refractivity contribution in [3.8, 4) is 0 Å². The van der Waals surface area contributed by atoms with Crippen LogP contribution in [-0.4, -0.2) is 19.1 Å². The SMILES string of the molecule is CCCOC1=CC(=O)N(c2ccccc2)C1. The molecule has 0 saturated heterocycles. The van der Waals surface area contributed by atoms with Gasteiger partial charge in [0, 0.05) is 11.8 Å². The molecule has 1 amide bonds. The number of hydrogen-bond donors (Lipinski definition) is 0. The minimum absolute atomic E-state index is 0.00250. The summed E-state index contributed by atoms with van der Waals surface area (Å²) < 4.78 is 5.47. The molecule has 1 aliphatic heterocycles. The molecule has 0 aliphatic carbocycles. The second-order valence-electron chi connectivity index (χ2n) is 3.72. The molecule has 1 aromatic carbocycles. The largest absolute Gasteiger partial charge is 0.496 e. The van der Waals surface area contributed by atoms with E-state index in [1.165, 1.54) is 0 Å². The van der Waals surface area contributed by atoms with E-state index in [1.807, 2.05) is 37.3 Å². The molecule has 0 radical (unpaired) electrons. The number of hydrogen-bond acceptors (Lipinski definition) is 2. The number of anilines is 1. The summed E-state index contributed by atoms with van der Waals surface area (Å²) in [4.78, 5) is 13.4. The van der Waals surface area contributed by atoms with Crippen molar-refractivity contribution in [2.45, 2.75) is 13.3 Å². The second kappa shape index (κ2) is 4.84. The number of amides is 1. The lowest BCUT2D eigenvalue weighted by atomic mass is 10.3. The van der Waals surface area contributed by atoms with E-state index in [0.717, 1.165) is 17.9 Å². The number of carbonyl (C=O) groups excluding carboxylic acids is 1. The Morgan fingerprint density at radius 2 is 2.06 bits per heavy atom. The summed E-state index contributed by atoms with van der Waals surface area (Å²) in [5, 5.41) is 0. The smallest absolute Gasteiger partial charge is 0.254 e. The number of rotatable bonds is 4. The molecule has 0 bridgehead atoms. The van der Waals surface area contributed by atoms with E-state index in [4.69, 9.17) is 4.74 Å². The monoisotopic (exact) mass is 217 g/mol. The first-order chi connectivity index (χ1) is 7.81. The normalized spacial score (nSPS) is 15.2. The Labute approximate surface area is 95.3 Å². The molecule has 84 valence electrons. The molecular formula is C13H15NO2. The third-order valence-corrected chi connectivity index (χ3v) is 2.42. The first-order valence-corrected chi connectivity index (χ1v) is 5.51. The molecule has 0 aromatic heterocycles. The van der Waals surface area contributed by atoms with Gasteiger partial charge in [-0.3, -0.25) is 4.79 Å². The van der Waals surface area contributed by atoms with Crippen LogP contribution in [0.3, 0.4) is 0 Å². The van der Waals surface area contributed by atoms with E-state index < -0.39 is 0 Å².